The first-order chi connectivity index (χ1) is 10.1. The molecule has 0 bridgehead atoms. The number of rotatable bonds is 6. The second-order valence-corrected chi connectivity index (χ2v) is 4.39. The molecule has 110 valence electrons. The van der Waals surface area contributed by atoms with Crippen molar-refractivity contribution in [1.29, 1.82) is 5.41 Å². The Kier molecular flexibility index (Phi) is 4.77. The largest absolute Gasteiger partial charge is 0.490 e. The highest BCUT2D eigenvalue weighted by molar-refractivity contribution is 5.95. The number of nitrogen functional groups attached to an aromatic ring is 1. The Morgan fingerprint density at radius 1 is 1.14 bits per heavy atom. The molecule has 4 nitrogen and oxygen atoms in total. The lowest BCUT2D eigenvalue weighted by Crippen LogP contribution is -2.11. The quantitative estimate of drug-likeness (QED) is 0.634. The summed E-state index contributed by atoms with van der Waals surface area (Å²) in [6.07, 6.45) is 0. The van der Waals surface area contributed by atoms with Gasteiger partial charge in [-0.25, -0.2) is 4.39 Å². The lowest BCUT2D eigenvalue weighted by Gasteiger charge is -2.13. The van der Waals surface area contributed by atoms with Crippen LogP contribution in [-0.4, -0.2) is 12.4 Å². The molecule has 0 radical (unpaired) electrons. The molecule has 21 heavy (non-hydrogen) atoms. The van der Waals surface area contributed by atoms with Crippen molar-refractivity contribution in [3.8, 4) is 11.5 Å². The summed E-state index contributed by atoms with van der Waals surface area (Å²) in [7, 11) is 0. The molecular weight excluding hydrogens is 271 g/mol. The molecule has 0 spiro atoms. The van der Waals surface area contributed by atoms with Crippen LogP contribution < -0.4 is 15.2 Å². The van der Waals surface area contributed by atoms with E-state index in [1.165, 1.54) is 6.07 Å². The Labute approximate surface area is 122 Å². The maximum atomic E-state index is 13.6. The molecule has 0 saturated carbocycles. The smallest absolute Gasteiger partial charge is 0.161 e. The van der Waals surface area contributed by atoms with Crippen molar-refractivity contribution in [2.45, 2.75) is 13.5 Å². The number of amidine groups is 1. The molecule has 0 aliphatic carbocycles. The first kappa shape index (κ1) is 14.8. The molecule has 0 saturated heterocycles. The molecule has 0 aliphatic heterocycles. The monoisotopic (exact) mass is 288 g/mol. The van der Waals surface area contributed by atoms with Gasteiger partial charge in [0.25, 0.3) is 0 Å². The van der Waals surface area contributed by atoms with E-state index in [0.29, 0.717) is 29.2 Å². The third kappa shape index (κ3) is 3.72. The van der Waals surface area contributed by atoms with Crippen LogP contribution >= 0.6 is 0 Å². The van der Waals surface area contributed by atoms with Crippen LogP contribution in [0, 0.1) is 11.2 Å². The zero-order chi connectivity index (χ0) is 15.2. The molecule has 0 aliphatic rings. The van der Waals surface area contributed by atoms with Gasteiger partial charge in [0.2, 0.25) is 0 Å². The molecule has 0 amide bonds. The zero-order valence-corrected chi connectivity index (χ0v) is 11.7. The molecule has 2 aromatic rings. The van der Waals surface area contributed by atoms with Crippen molar-refractivity contribution in [1.82, 2.24) is 0 Å². The Bertz CT molecular complexity index is 644. The van der Waals surface area contributed by atoms with Crippen molar-refractivity contribution in [3.63, 3.8) is 0 Å². The lowest BCUT2D eigenvalue weighted by atomic mass is 10.2. The van der Waals surface area contributed by atoms with E-state index in [-0.39, 0.29) is 18.3 Å². The SMILES string of the molecule is CCOc1cc(C(=N)N)ccc1OCc1ccccc1F. The van der Waals surface area contributed by atoms with E-state index in [1.807, 2.05) is 6.92 Å². The van der Waals surface area contributed by atoms with E-state index in [4.69, 9.17) is 20.6 Å². The molecule has 0 unspecified atom stereocenters. The van der Waals surface area contributed by atoms with Crippen LogP contribution in [-0.2, 0) is 6.61 Å². The predicted octanol–water partition coefficient (Wildman–Crippen LogP) is 3.09. The van der Waals surface area contributed by atoms with Crippen LogP contribution in [0.1, 0.15) is 18.1 Å². The Balaban J connectivity index is 2.19. The van der Waals surface area contributed by atoms with Crippen LogP contribution in [0.5, 0.6) is 11.5 Å². The second kappa shape index (κ2) is 6.74. The normalized spacial score (nSPS) is 10.2. The molecule has 0 atom stereocenters. The molecule has 2 aromatic carbocycles. The summed E-state index contributed by atoms with van der Waals surface area (Å²) < 4.78 is 24.6. The molecular formula is C16H17FN2O2. The van der Waals surface area contributed by atoms with Gasteiger partial charge < -0.3 is 15.2 Å². The highest BCUT2D eigenvalue weighted by Gasteiger charge is 2.09. The van der Waals surface area contributed by atoms with Gasteiger partial charge in [-0.15, -0.1) is 0 Å². The number of ether oxygens (including phenoxy) is 2. The van der Waals surface area contributed by atoms with Crippen LogP contribution in [0.4, 0.5) is 4.39 Å². The molecule has 0 heterocycles. The number of halogens is 1. The number of hydrogen-bond donors (Lipinski definition) is 2. The Hall–Kier alpha value is -2.56. The minimum Gasteiger partial charge on any atom is -0.490 e. The second-order valence-electron chi connectivity index (χ2n) is 4.39. The van der Waals surface area contributed by atoms with Gasteiger partial charge in [0, 0.05) is 11.1 Å². The number of nitrogens with one attached hydrogen (secondary N) is 1. The fourth-order valence-electron chi connectivity index (χ4n) is 1.83. The van der Waals surface area contributed by atoms with Gasteiger partial charge in [0.1, 0.15) is 18.3 Å². The number of nitrogens with two attached hydrogens (primary N) is 1. The summed E-state index contributed by atoms with van der Waals surface area (Å²) in [4.78, 5) is 0. The van der Waals surface area contributed by atoms with Crippen molar-refractivity contribution in [3.05, 3.63) is 59.4 Å². The topological polar surface area (TPSA) is 68.3 Å². The van der Waals surface area contributed by atoms with E-state index in [0.717, 1.165) is 0 Å². The first-order valence-corrected chi connectivity index (χ1v) is 6.59. The Morgan fingerprint density at radius 3 is 2.57 bits per heavy atom. The van der Waals surface area contributed by atoms with Gasteiger partial charge in [-0.3, -0.25) is 5.41 Å². The van der Waals surface area contributed by atoms with Crippen LogP contribution in [0.15, 0.2) is 42.5 Å². The van der Waals surface area contributed by atoms with Gasteiger partial charge in [-0.05, 0) is 31.2 Å². The minimum absolute atomic E-state index is 0.0448. The molecule has 3 N–H and O–H groups in total. The van der Waals surface area contributed by atoms with Crippen LogP contribution in [0.25, 0.3) is 0 Å². The number of benzene rings is 2. The third-order valence-electron chi connectivity index (χ3n) is 2.90. The molecule has 0 fully saturated rings. The van der Waals surface area contributed by atoms with Gasteiger partial charge >= 0.3 is 0 Å². The fourth-order valence-corrected chi connectivity index (χ4v) is 1.83. The minimum atomic E-state index is -0.309. The highest BCUT2D eigenvalue weighted by atomic mass is 19.1. The summed E-state index contributed by atoms with van der Waals surface area (Å²) >= 11 is 0. The fraction of sp³-hybridized carbons (Fsp3) is 0.188. The number of hydrogen-bond acceptors (Lipinski definition) is 3. The molecule has 2 rings (SSSR count). The van der Waals surface area contributed by atoms with Crippen molar-refractivity contribution >= 4 is 5.84 Å². The standard InChI is InChI=1S/C16H17FN2O2/c1-2-20-15-9-11(16(18)19)7-8-14(15)21-10-12-5-3-4-6-13(12)17/h3-9H,2,10H2,1H3,(H3,18,19). The van der Waals surface area contributed by atoms with Crippen molar-refractivity contribution in [2.24, 2.45) is 5.73 Å². The average molecular weight is 288 g/mol. The van der Waals surface area contributed by atoms with Crippen LogP contribution in [0.2, 0.25) is 0 Å². The van der Waals surface area contributed by atoms with Gasteiger partial charge in [0.05, 0.1) is 6.61 Å². The summed E-state index contributed by atoms with van der Waals surface area (Å²) in [6.45, 7) is 2.41. The highest BCUT2D eigenvalue weighted by Crippen LogP contribution is 2.29. The van der Waals surface area contributed by atoms with Crippen molar-refractivity contribution in [2.75, 3.05) is 6.61 Å². The third-order valence-corrected chi connectivity index (χ3v) is 2.90. The van der Waals surface area contributed by atoms with E-state index in [2.05, 4.69) is 0 Å². The van der Waals surface area contributed by atoms with Gasteiger partial charge in [-0.1, -0.05) is 18.2 Å². The summed E-state index contributed by atoms with van der Waals surface area (Å²) in [6, 6.07) is 11.4. The maximum absolute atomic E-state index is 13.6. The molecule has 0 aromatic heterocycles. The van der Waals surface area contributed by atoms with Gasteiger partial charge in [0.15, 0.2) is 11.5 Å². The average Bonchev–Trinajstić information content (AvgIpc) is 2.47. The first-order valence-electron chi connectivity index (χ1n) is 6.59. The Morgan fingerprint density at radius 2 is 1.90 bits per heavy atom. The zero-order valence-electron chi connectivity index (χ0n) is 11.7. The van der Waals surface area contributed by atoms with E-state index in [9.17, 15) is 4.39 Å². The molecule has 5 heteroatoms. The summed E-state index contributed by atoms with van der Waals surface area (Å²) in [5, 5.41) is 7.43. The van der Waals surface area contributed by atoms with E-state index in [1.54, 1.807) is 36.4 Å². The lowest BCUT2D eigenvalue weighted by molar-refractivity contribution is 0.266. The summed E-state index contributed by atoms with van der Waals surface area (Å²) in [5.41, 5.74) is 6.47. The summed E-state index contributed by atoms with van der Waals surface area (Å²) in [5.74, 6) is 0.624. The maximum Gasteiger partial charge on any atom is 0.161 e. The van der Waals surface area contributed by atoms with Crippen molar-refractivity contribution < 1.29 is 13.9 Å². The predicted molar refractivity (Wildman–Crippen MR) is 79.4 cm³/mol. The van der Waals surface area contributed by atoms with E-state index >= 15 is 0 Å². The van der Waals surface area contributed by atoms with E-state index < -0.39 is 0 Å². The van der Waals surface area contributed by atoms with Crippen LogP contribution in [0.3, 0.4) is 0 Å². The van der Waals surface area contributed by atoms with Gasteiger partial charge in [-0.2, -0.15) is 0 Å².